The highest BCUT2D eigenvalue weighted by Crippen LogP contribution is 2.16. The molecule has 1 aromatic rings. The number of aromatic nitrogens is 2. The van der Waals surface area contributed by atoms with Crippen molar-refractivity contribution in [3.63, 3.8) is 0 Å². The van der Waals surface area contributed by atoms with E-state index in [4.69, 9.17) is 0 Å². The minimum absolute atomic E-state index is 0.0507. The van der Waals surface area contributed by atoms with Crippen LogP contribution in [0.1, 0.15) is 12.8 Å². The van der Waals surface area contributed by atoms with Crippen molar-refractivity contribution in [1.29, 1.82) is 0 Å². The van der Waals surface area contributed by atoms with Gasteiger partial charge in [-0.3, -0.25) is 9.69 Å². The summed E-state index contributed by atoms with van der Waals surface area (Å²) in [5, 5.41) is 5.65. The first-order valence-corrected chi connectivity index (χ1v) is 3.63. The van der Waals surface area contributed by atoms with Crippen molar-refractivity contribution >= 4 is 11.9 Å². The summed E-state index contributed by atoms with van der Waals surface area (Å²) in [6.07, 6.45) is 1.28. The van der Waals surface area contributed by atoms with Gasteiger partial charge >= 0.3 is 11.8 Å². The molecule has 12 heavy (non-hydrogen) atoms. The second-order valence-corrected chi connectivity index (χ2v) is 2.54. The van der Waals surface area contributed by atoms with Crippen LogP contribution in [0.2, 0.25) is 0 Å². The van der Waals surface area contributed by atoms with Gasteiger partial charge in [0.15, 0.2) is 0 Å². The third-order valence-electron chi connectivity index (χ3n) is 1.73. The number of nitrogens with one attached hydrogen (secondary N) is 1. The fourth-order valence-corrected chi connectivity index (χ4v) is 1.19. The summed E-state index contributed by atoms with van der Waals surface area (Å²) < 4.78 is 4.62. The van der Waals surface area contributed by atoms with Crippen molar-refractivity contribution in [2.24, 2.45) is 0 Å². The number of carbonyl (C=O) groups excluding carboxylic acids is 1. The Balaban J connectivity index is 2.30. The predicted octanol–water partition coefficient (Wildman–Crippen LogP) is -0.510. The summed E-state index contributed by atoms with van der Waals surface area (Å²) in [6, 6.07) is 0.0718. The van der Waals surface area contributed by atoms with Crippen LogP contribution in [-0.4, -0.2) is 22.6 Å². The molecule has 0 unspecified atom stereocenters. The molecule has 1 aliphatic rings. The van der Waals surface area contributed by atoms with Gasteiger partial charge in [0.25, 0.3) is 0 Å². The molecule has 1 N–H and O–H groups in total. The molecule has 1 aromatic heterocycles. The number of carbonyl (C=O) groups is 1. The van der Waals surface area contributed by atoms with E-state index in [1.165, 1.54) is 4.90 Å². The van der Waals surface area contributed by atoms with Crippen molar-refractivity contribution < 1.29 is 9.21 Å². The largest absolute Gasteiger partial charge is 0.435 e. The Kier molecular flexibility index (Phi) is 1.46. The van der Waals surface area contributed by atoms with Crippen molar-refractivity contribution in [2.45, 2.75) is 12.8 Å². The molecule has 64 valence electrons. The van der Waals surface area contributed by atoms with Crippen LogP contribution in [0.3, 0.4) is 0 Å². The number of hydrogen-bond acceptors (Lipinski definition) is 4. The third-order valence-corrected chi connectivity index (χ3v) is 1.73. The maximum Gasteiger partial charge on any atom is 0.435 e. The molecule has 6 heteroatoms. The predicted molar refractivity (Wildman–Crippen MR) is 38.7 cm³/mol. The second kappa shape index (κ2) is 2.47. The molecule has 0 aliphatic carbocycles. The van der Waals surface area contributed by atoms with Crippen LogP contribution in [0.5, 0.6) is 0 Å². The Labute approximate surface area is 67.2 Å². The number of amides is 1. The first-order valence-electron chi connectivity index (χ1n) is 3.63. The summed E-state index contributed by atoms with van der Waals surface area (Å²) in [6.45, 7) is 0.576. The van der Waals surface area contributed by atoms with Gasteiger partial charge in [-0.1, -0.05) is 0 Å². The number of rotatable bonds is 1. The van der Waals surface area contributed by atoms with E-state index >= 15 is 0 Å². The van der Waals surface area contributed by atoms with Crippen molar-refractivity contribution in [2.75, 3.05) is 11.4 Å². The summed E-state index contributed by atoms with van der Waals surface area (Å²) in [4.78, 5) is 23.0. The second-order valence-electron chi connectivity index (χ2n) is 2.54. The lowest BCUT2D eigenvalue weighted by molar-refractivity contribution is -0.117. The number of anilines is 1. The smallest absolute Gasteiger partial charge is 0.373 e. The van der Waals surface area contributed by atoms with Crippen LogP contribution in [0.15, 0.2) is 9.21 Å². The Morgan fingerprint density at radius 2 is 2.33 bits per heavy atom. The lowest BCUT2D eigenvalue weighted by Crippen LogP contribution is -2.24. The third kappa shape index (κ3) is 1.01. The highest BCUT2D eigenvalue weighted by Gasteiger charge is 2.25. The molecular weight excluding hydrogens is 162 g/mol. The lowest BCUT2D eigenvalue weighted by atomic mass is 10.4. The first-order chi connectivity index (χ1) is 5.77. The Bertz CT molecular complexity index is 353. The van der Waals surface area contributed by atoms with E-state index in [2.05, 4.69) is 14.6 Å². The van der Waals surface area contributed by atoms with E-state index in [1.54, 1.807) is 0 Å². The molecule has 2 heterocycles. The van der Waals surface area contributed by atoms with Gasteiger partial charge in [-0.05, 0) is 6.42 Å². The van der Waals surface area contributed by atoms with E-state index < -0.39 is 5.76 Å². The average Bonchev–Trinajstić information content (AvgIpc) is 2.58. The zero-order valence-electron chi connectivity index (χ0n) is 6.24. The van der Waals surface area contributed by atoms with E-state index in [0.717, 1.165) is 6.42 Å². The highest BCUT2D eigenvalue weighted by atomic mass is 16.4. The first kappa shape index (κ1) is 7.08. The zero-order valence-corrected chi connectivity index (χ0v) is 6.24. The number of H-pyrrole nitrogens is 1. The molecule has 1 saturated heterocycles. The van der Waals surface area contributed by atoms with Crippen LogP contribution < -0.4 is 10.7 Å². The van der Waals surface area contributed by atoms with Crippen molar-refractivity contribution in [3.05, 3.63) is 10.6 Å². The van der Waals surface area contributed by atoms with Crippen LogP contribution in [-0.2, 0) is 4.79 Å². The normalized spacial score (nSPS) is 17.3. The van der Waals surface area contributed by atoms with Crippen molar-refractivity contribution in [3.8, 4) is 0 Å². The fourth-order valence-electron chi connectivity index (χ4n) is 1.19. The van der Waals surface area contributed by atoms with Gasteiger partial charge in [-0.15, -0.1) is 5.10 Å². The molecule has 0 bridgehead atoms. The molecule has 2 rings (SSSR count). The lowest BCUT2D eigenvalue weighted by Gasteiger charge is -2.07. The molecule has 0 spiro atoms. The number of nitrogens with zero attached hydrogens (tertiary/aromatic N) is 2. The summed E-state index contributed by atoms with van der Waals surface area (Å²) in [5.41, 5.74) is 0. The van der Waals surface area contributed by atoms with Crippen molar-refractivity contribution in [1.82, 2.24) is 10.2 Å². The number of hydrogen-bond donors (Lipinski definition) is 1. The highest BCUT2D eigenvalue weighted by molar-refractivity contribution is 5.93. The van der Waals surface area contributed by atoms with Gasteiger partial charge in [-0.25, -0.2) is 9.89 Å². The Morgan fingerprint density at radius 3 is 2.83 bits per heavy atom. The molecule has 6 nitrogen and oxygen atoms in total. The Morgan fingerprint density at radius 1 is 1.50 bits per heavy atom. The van der Waals surface area contributed by atoms with Gasteiger partial charge in [0.2, 0.25) is 5.91 Å². The molecule has 0 aromatic carbocycles. The Hall–Kier alpha value is -1.59. The summed E-state index contributed by atoms with van der Waals surface area (Å²) in [7, 11) is 0. The zero-order chi connectivity index (χ0) is 8.55. The molecule has 0 atom stereocenters. The quantitative estimate of drug-likeness (QED) is 0.614. The van der Waals surface area contributed by atoms with Gasteiger partial charge in [0.1, 0.15) is 0 Å². The number of aromatic amines is 1. The van der Waals surface area contributed by atoms with E-state index in [0.29, 0.717) is 13.0 Å². The summed E-state index contributed by atoms with van der Waals surface area (Å²) >= 11 is 0. The standard InChI is InChI=1S/C6H7N3O3/c10-4-2-1-3-9(4)5-7-8-6(11)12-5/h1-3H2,(H,8,11). The van der Waals surface area contributed by atoms with Gasteiger partial charge < -0.3 is 4.42 Å². The molecule has 1 aliphatic heterocycles. The van der Waals surface area contributed by atoms with Crippen LogP contribution in [0.25, 0.3) is 0 Å². The SMILES string of the molecule is O=C1CCCN1c1n[nH]c(=O)o1. The minimum Gasteiger partial charge on any atom is -0.373 e. The van der Waals surface area contributed by atoms with Crippen LogP contribution in [0, 0.1) is 0 Å². The van der Waals surface area contributed by atoms with Crippen LogP contribution >= 0.6 is 0 Å². The van der Waals surface area contributed by atoms with Crippen LogP contribution in [0.4, 0.5) is 6.01 Å². The summed E-state index contributed by atoms with van der Waals surface area (Å²) in [5.74, 6) is -0.685. The molecular formula is C6H7N3O3. The maximum atomic E-state index is 11.1. The van der Waals surface area contributed by atoms with Gasteiger partial charge in [0, 0.05) is 13.0 Å². The average molecular weight is 169 g/mol. The van der Waals surface area contributed by atoms with E-state index in [-0.39, 0.29) is 11.9 Å². The van der Waals surface area contributed by atoms with Gasteiger partial charge in [-0.2, -0.15) is 0 Å². The molecule has 0 saturated carbocycles. The topological polar surface area (TPSA) is 79.2 Å². The molecule has 1 amide bonds. The van der Waals surface area contributed by atoms with E-state index in [1.807, 2.05) is 0 Å². The minimum atomic E-state index is -0.635. The maximum absolute atomic E-state index is 11.1. The molecule has 1 fully saturated rings. The van der Waals surface area contributed by atoms with Gasteiger partial charge in [0.05, 0.1) is 0 Å². The van der Waals surface area contributed by atoms with E-state index in [9.17, 15) is 9.59 Å². The fraction of sp³-hybridized carbons (Fsp3) is 0.500. The molecule has 0 radical (unpaired) electrons. The monoisotopic (exact) mass is 169 g/mol.